The number of nitrogens with one attached hydrogen (secondary N) is 2. The van der Waals surface area contributed by atoms with Gasteiger partial charge in [-0.25, -0.2) is 4.98 Å². The maximum Gasteiger partial charge on any atom is 0.291 e. The van der Waals surface area contributed by atoms with Crippen LogP contribution in [0.2, 0.25) is 0 Å². The lowest BCUT2D eigenvalue weighted by atomic mass is 10.4. The molecule has 1 saturated carbocycles. The fourth-order valence-electron chi connectivity index (χ4n) is 2.23. The standard InChI is InChI=1S/C12H17N5O2/c18-9(17-5-1-2-6-17)7-13-12(19)11-14-10(15-16-11)8-3-4-8/h8H,1-7H2,(H,13,19)(H,14,15,16). The minimum Gasteiger partial charge on any atom is -0.341 e. The smallest absolute Gasteiger partial charge is 0.291 e. The van der Waals surface area contributed by atoms with E-state index in [2.05, 4.69) is 20.5 Å². The van der Waals surface area contributed by atoms with E-state index in [-0.39, 0.29) is 18.3 Å². The Hall–Kier alpha value is -1.92. The van der Waals surface area contributed by atoms with Crippen molar-refractivity contribution in [1.82, 2.24) is 25.4 Å². The number of carbonyl (C=O) groups excluding carboxylic acids is 2. The normalized spacial score (nSPS) is 18.6. The van der Waals surface area contributed by atoms with Crippen LogP contribution in [-0.2, 0) is 4.79 Å². The van der Waals surface area contributed by atoms with Crippen molar-refractivity contribution in [3.05, 3.63) is 11.6 Å². The molecule has 1 aliphatic carbocycles. The number of H-pyrrole nitrogens is 1. The minimum absolute atomic E-state index is 0.0200. The monoisotopic (exact) mass is 263 g/mol. The van der Waals surface area contributed by atoms with E-state index in [1.807, 2.05) is 0 Å². The topological polar surface area (TPSA) is 91.0 Å². The van der Waals surface area contributed by atoms with Gasteiger partial charge in [-0.2, -0.15) is 0 Å². The zero-order valence-corrected chi connectivity index (χ0v) is 10.7. The highest BCUT2D eigenvalue weighted by molar-refractivity contribution is 5.93. The number of hydrogen-bond acceptors (Lipinski definition) is 4. The molecule has 7 heteroatoms. The van der Waals surface area contributed by atoms with E-state index in [9.17, 15) is 9.59 Å². The van der Waals surface area contributed by atoms with Gasteiger partial charge in [-0.05, 0) is 25.7 Å². The number of aromatic amines is 1. The van der Waals surface area contributed by atoms with Crippen molar-refractivity contribution in [2.24, 2.45) is 0 Å². The van der Waals surface area contributed by atoms with Gasteiger partial charge >= 0.3 is 0 Å². The van der Waals surface area contributed by atoms with Crippen molar-refractivity contribution >= 4 is 11.8 Å². The zero-order chi connectivity index (χ0) is 13.2. The Morgan fingerprint density at radius 1 is 1.32 bits per heavy atom. The molecule has 1 saturated heterocycles. The Bertz CT molecular complexity index is 488. The van der Waals surface area contributed by atoms with Crippen LogP contribution in [0.5, 0.6) is 0 Å². The predicted molar refractivity (Wildman–Crippen MR) is 66.5 cm³/mol. The van der Waals surface area contributed by atoms with Gasteiger partial charge in [-0.3, -0.25) is 14.7 Å². The Kier molecular flexibility index (Phi) is 3.18. The largest absolute Gasteiger partial charge is 0.341 e. The lowest BCUT2D eigenvalue weighted by Gasteiger charge is -2.14. The third-order valence-corrected chi connectivity index (χ3v) is 3.53. The van der Waals surface area contributed by atoms with Gasteiger partial charge in [0.05, 0.1) is 6.54 Å². The van der Waals surface area contributed by atoms with Crippen LogP contribution in [0.3, 0.4) is 0 Å². The molecule has 19 heavy (non-hydrogen) atoms. The molecular formula is C12H17N5O2. The molecule has 0 spiro atoms. The molecule has 0 aromatic carbocycles. The number of carbonyl (C=O) groups is 2. The number of amides is 2. The van der Waals surface area contributed by atoms with Crippen LogP contribution in [-0.4, -0.2) is 51.5 Å². The van der Waals surface area contributed by atoms with E-state index in [4.69, 9.17) is 0 Å². The number of rotatable bonds is 4. The van der Waals surface area contributed by atoms with E-state index in [1.54, 1.807) is 4.90 Å². The van der Waals surface area contributed by atoms with Gasteiger partial charge in [0.25, 0.3) is 5.91 Å². The Morgan fingerprint density at radius 3 is 2.74 bits per heavy atom. The SMILES string of the molecule is O=C(NCC(=O)N1CCCC1)c1n[nH]c(C2CC2)n1. The van der Waals surface area contributed by atoms with E-state index in [0.717, 1.165) is 44.6 Å². The molecule has 2 fully saturated rings. The van der Waals surface area contributed by atoms with Crippen molar-refractivity contribution in [3.63, 3.8) is 0 Å². The average Bonchev–Trinajstić information content (AvgIpc) is 2.96. The fourth-order valence-corrected chi connectivity index (χ4v) is 2.23. The molecule has 1 aromatic rings. The summed E-state index contributed by atoms with van der Waals surface area (Å²) in [6.45, 7) is 1.61. The van der Waals surface area contributed by atoms with Crippen LogP contribution in [0.1, 0.15) is 48.0 Å². The van der Waals surface area contributed by atoms with Crippen molar-refractivity contribution < 1.29 is 9.59 Å². The third-order valence-electron chi connectivity index (χ3n) is 3.53. The van der Waals surface area contributed by atoms with Crippen LogP contribution in [0.4, 0.5) is 0 Å². The van der Waals surface area contributed by atoms with Crippen molar-refractivity contribution in [2.75, 3.05) is 19.6 Å². The summed E-state index contributed by atoms with van der Waals surface area (Å²) in [7, 11) is 0. The lowest BCUT2D eigenvalue weighted by Crippen LogP contribution is -2.38. The Balaban J connectivity index is 1.50. The van der Waals surface area contributed by atoms with Gasteiger partial charge in [-0.15, -0.1) is 5.10 Å². The highest BCUT2D eigenvalue weighted by Crippen LogP contribution is 2.37. The van der Waals surface area contributed by atoms with Gasteiger partial charge in [0.1, 0.15) is 5.82 Å². The van der Waals surface area contributed by atoms with Gasteiger partial charge in [-0.1, -0.05) is 0 Å². The molecular weight excluding hydrogens is 246 g/mol. The molecule has 0 radical (unpaired) electrons. The van der Waals surface area contributed by atoms with Crippen LogP contribution in [0.25, 0.3) is 0 Å². The van der Waals surface area contributed by atoms with Crippen molar-refractivity contribution in [1.29, 1.82) is 0 Å². The molecule has 2 amide bonds. The average molecular weight is 263 g/mol. The first-order valence-electron chi connectivity index (χ1n) is 6.72. The number of likely N-dealkylation sites (tertiary alicyclic amines) is 1. The summed E-state index contributed by atoms with van der Waals surface area (Å²) >= 11 is 0. The summed E-state index contributed by atoms with van der Waals surface area (Å²) < 4.78 is 0. The molecule has 0 atom stereocenters. The molecule has 0 unspecified atom stereocenters. The first kappa shape index (κ1) is 12.1. The molecule has 2 N–H and O–H groups in total. The number of nitrogens with zero attached hydrogens (tertiary/aromatic N) is 3. The molecule has 2 aliphatic rings. The lowest BCUT2D eigenvalue weighted by molar-refractivity contribution is -0.129. The van der Waals surface area contributed by atoms with E-state index >= 15 is 0 Å². The summed E-state index contributed by atoms with van der Waals surface area (Å²) in [5.41, 5.74) is 0. The van der Waals surface area contributed by atoms with Gasteiger partial charge in [0, 0.05) is 19.0 Å². The van der Waals surface area contributed by atoms with Gasteiger partial charge in [0.2, 0.25) is 11.7 Å². The summed E-state index contributed by atoms with van der Waals surface area (Å²) in [5, 5.41) is 9.23. The van der Waals surface area contributed by atoms with Crippen molar-refractivity contribution in [2.45, 2.75) is 31.6 Å². The zero-order valence-electron chi connectivity index (χ0n) is 10.7. The maximum atomic E-state index is 11.8. The van der Waals surface area contributed by atoms with Crippen LogP contribution >= 0.6 is 0 Å². The molecule has 7 nitrogen and oxygen atoms in total. The minimum atomic E-state index is -0.393. The van der Waals surface area contributed by atoms with Gasteiger partial charge < -0.3 is 10.2 Å². The molecule has 0 bridgehead atoms. The van der Waals surface area contributed by atoms with Gasteiger partial charge in [0.15, 0.2) is 0 Å². The summed E-state index contributed by atoms with van der Waals surface area (Å²) in [6.07, 6.45) is 4.30. The second-order valence-corrected chi connectivity index (χ2v) is 5.09. The van der Waals surface area contributed by atoms with Crippen molar-refractivity contribution in [3.8, 4) is 0 Å². The van der Waals surface area contributed by atoms with Crippen LogP contribution < -0.4 is 5.32 Å². The van der Waals surface area contributed by atoms with E-state index in [0.29, 0.717) is 5.92 Å². The number of aromatic nitrogens is 3. The second kappa shape index (κ2) is 4.99. The second-order valence-electron chi connectivity index (χ2n) is 5.09. The summed E-state index contributed by atoms with van der Waals surface area (Å²) in [4.78, 5) is 29.5. The quantitative estimate of drug-likeness (QED) is 0.802. The Labute approximate surface area is 110 Å². The van der Waals surface area contributed by atoms with Crippen LogP contribution in [0, 0.1) is 0 Å². The van der Waals surface area contributed by atoms with Crippen LogP contribution in [0.15, 0.2) is 0 Å². The summed E-state index contributed by atoms with van der Waals surface area (Å²) in [5.74, 6) is 0.895. The molecule has 102 valence electrons. The summed E-state index contributed by atoms with van der Waals surface area (Å²) in [6, 6.07) is 0. The molecule has 1 aromatic heterocycles. The van der Waals surface area contributed by atoms with E-state index < -0.39 is 5.91 Å². The fraction of sp³-hybridized carbons (Fsp3) is 0.667. The predicted octanol–water partition coefficient (Wildman–Crippen LogP) is 0.0343. The molecule has 2 heterocycles. The Morgan fingerprint density at radius 2 is 2.05 bits per heavy atom. The molecule has 1 aliphatic heterocycles. The first-order valence-corrected chi connectivity index (χ1v) is 6.72. The van der Waals surface area contributed by atoms with E-state index in [1.165, 1.54) is 0 Å². The maximum absolute atomic E-state index is 11.8. The third kappa shape index (κ3) is 2.74. The highest BCUT2D eigenvalue weighted by atomic mass is 16.2. The highest BCUT2D eigenvalue weighted by Gasteiger charge is 2.28. The number of hydrogen-bond donors (Lipinski definition) is 2. The first-order chi connectivity index (χ1) is 9.24. The molecule has 3 rings (SSSR count).